The van der Waals surface area contributed by atoms with Crippen molar-refractivity contribution < 1.29 is 40.0 Å². The fourth-order valence-electron chi connectivity index (χ4n) is 5.22. The summed E-state index contributed by atoms with van der Waals surface area (Å²) >= 11 is 0. The number of carbonyl (C=O) groups excluding carboxylic acids is 2. The molecule has 2 aliphatic rings. The molecule has 0 bridgehead atoms. The molecule has 218 valence electrons. The van der Waals surface area contributed by atoms with Crippen LogP contribution in [0.3, 0.4) is 0 Å². The van der Waals surface area contributed by atoms with E-state index in [2.05, 4.69) is 5.32 Å². The first-order valence-electron chi connectivity index (χ1n) is 12.7. The normalized spacial score (nSPS) is 26.0. The molecule has 0 unspecified atom stereocenters. The molecule has 2 amide bonds. The number of hydrogen-bond donors (Lipinski definition) is 1. The van der Waals surface area contributed by atoms with E-state index in [4.69, 9.17) is 0 Å². The van der Waals surface area contributed by atoms with Crippen molar-refractivity contribution in [2.75, 3.05) is 39.0 Å². The number of aryl methyl sites for hydroxylation is 1. The second-order valence-corrected chi connectivity index (χ2v) is 12.5. The monoisotopic (exact) mass is 579 g/mol. The average molecular weight is 580 g/mol. The van der Waals surface area contributed by atoms with Crippen LogP contribution in [0.25, 0.3) is 0 Å². The van der Waals surface area contributed by atoms with Crippen LogP contribution in [0, 0.1) is 18.7 Å². The second kappa shape index (κ2) is 11.9. The van der Waals surface area contributed by atoms with Crippen molar-refractivity contribution in [3.05, 3.63) is 46.6 Å². The molecular weight excluding hydrogens is 545 g/mol. The van der Waals surface area contributed by atoms with Gasteiger partial charge in [-0.1, -0.05) is 24.3 Å². The highest BCUT2D eigenvalue weighted by molar-refractivity contribution is 7.93. The lowest BCUT2D eigenvalue weighted by molar-refractivity contribution is -0.146. The molecule has 0 aliphatic carbocycles. The van der Waals surface area contributed by atoms with Gasteiger partial charge in [-0.3, -0.25) is 14.5 Å². The van der Waals surface area contributed by atoms with Crippen LogP contribution in [0.1, 0.15) is 43.2 Å². The molecule has 0 radical (unpaired) electrons. The topological polar surface area (TPSA) is 86.8 Å². The molecule has 2 saturated heterocycles. The van der Waals surface area contributed by atoms with Crippen molar-refractivity contribution in [1.82, 2.24) is 15.1 Å². The largest absolute Gasteiger partial charge is 0.401 e. The van der Waals surface area contributed by atoms with Gasteiger partial charge in [-0.25, -0.2) is 17.2 Å². The van der Waals surface area contributed by atoms with Crippen LogP contribution in [0.5, 0.6) is 0 Å². The van der Waals surface area contributed by atoms with Crippen molar-refractivity contribution in [2.24, 2.45) is 5.92 Å². The third-order valence-electron chi connectivity index (χ3n) is 7.21. The summed E-state index contributed by atoms with van der Waals surface area (Å²) in [4.78, 5) is 28.7. The van der Waals surface area contributed by atoms with E-state index in [0.29, 0.717) is 5.56 Å². The van der Waals surface area contributed by atoms with Crippen molar-refractivity contribution in [2.45, 2.75) is 56.9 Å². The zero-order valence-corrected chi connectivity index (χ0v) is 22.9. The summed E-state index contributed by atoms with van der Waals surface area (Å²) in [6.07, 6.45) is -2.69. The van der Waals surface area contributed by atoms with Gasteiger partial charge < -0.3 is 10.2 Å². The lowest BCUT2D eigenvalue weighted by Crippen LogP contribution is -2.47. The Hall–Kier alpha value is -2.54. The van der Waals surface area contributed by atoms with Crippen LogP contribution in [0.15, 0.2) is 29.7 Å². The Kier molecular flexibility index (Phi) is 9.47. The number of rotatable bonds is 7. The van der Waals surface area contributed by atoms with Crippen molar-refractivity contribution in [3.8, 4) is 0 Å². The zero-order chi connectivity index (χ0) is 29.2. The second-order valence-electron chi connectivity index (χ2n) is 10.6. The van der Waals surface area contributed by atoms with Crippen LogP contribution in [-0.4, -0.2) is 86.9 Å². The molecule has 1 aromatic rings. The van der Waals surface area contributed by atoms with Crippen LogP contribution in [0.2, 0.25) is 0 Å². The Bertz CT molecular complexity index is 1210. The van der Waals surface area contributed by atoms with Gasteiger partial charge >= 0.3 is 6.18 Å². The van der Waals surface area contributed by atoms with Crippen LogP contribution in [0.4, 0.5) is 22.0 Å². The Morgan fingerprint density at radius 1 is 1.21 bits per heavy atom. The first-order valence-corrected chi connectivity index (χ1v) is 14.7. The molecule has 39 heavy (non-hydrogen) atoms. The third-order valence-corrected chi connectivity index (χ3v) is 7.86. The maximum atomic E-state index is 15.7. The number of alkyl halides is 4. The number of nitrogens with one attached hydrogen (secondary N) is 1. The Labute approximate surface area is 225 Å². The zero-order valence-electron chi connectivity index (χ0n) is 22.1. The summed E-state index contributed by atoms with van der Waals surface area (Å²) in [5.74, 6) is -3.78. The first-order chi connectivity index (χ1) is 18.0. The Balaban J connectivity index is 1.75. The van der Waals surface area contributed by atoms with E-state index in [0.717, 1.165) is 16.6 Å². The highest BCUT2D eigenvalue weighted by Crippen LogP contribution is 2.38. The summed E-state index contributed by atoms with van der Waals surface area (Å²) in [7, 11) is -3.43. The van der Waals surface area contributed by atoms with E-state index in [-0.39, 0.29) is 51.0 Å². The molecule has 1 aromatic carbocycles. The van der Waals surface area contributed by atoms with Gasteiger partial charge in [0.2, 0.25) is 5.91 Å². The summed E-state index contributed by atoms with van der Waals surface area (Å²) in [6, 6.07) is 3.85. The predicted molar refractivity (Wildman–Crippen MR) is 136 cm³/mol. The van der Waals surface area contributed by atoms with Crippen LogP contribution >= 0.6 is 0 Å². The lowest BCUT2D eigenvalue weighted by Gasteiger charge is -2.28. The number of carbonyl (C=O) groups is 2. The summed E-state index contributed by atoms with van der Waals surface area (Å²) < 4.78 is 92.7. The maximum absolute atomic E-state index is 15.7. The molecule has 0 saturated carbocycles. The molecule has 2 fully saturated rings. The molecule has 7 nitrogen and oxygen atoms in total. The average Bonchev–Trinajstić information content (AvgIpc) is 3.10. The number of hydrogen-bond acceptors (Lipinski definition) is 5. The highest BCUT2D eigenvalue weighted by Gasteiger charge is 2.46. The maximum Gasteiger partial charge on any atom is 0.401 e. The van der Waals surface area contributed by atoms with Crippen molar-refractivity contribution in [1.29, 1.82) is 0 Å². The fourth-order valence-corrected chi connectivity index (χ4v) is 5.74. The molecular formula is C26H34F5N3O4S. The number of sulfone groups is 1. The predicted octanol–water partition coefficient (Wildman–Crippen LogP) is 3.50. The van der Waals surface area contributed by atoms with Gasteiger partial charge in [0.15, 0.2) is 15.5 Å². The van der Waals surface area contributed by atoms with Gasteiger partial charge in [0.1, 0.15) is 5.82 Å². The standard InChI is InChI=1S/C26H34F5N3O4S/c1-17-6-4-7-19(22(17)27)20-14-33(16-26(29,30)31)15-21(20)23(35)34-11-5-9-25(28,10-12-34)24(36)32-18(2)8-13-39(3,37)38/h4,6-8,13,18,20-21H,5,9-12,14-16H2,1-3H3,(H,32,36)/b13-8-/t18-,20+,21+,25-/m1/s1. The summed E-state index contributed by atoms with van der Waals surface area (Å²) in [5.41, 5.74) is -1.83. The van der Waals surface area contributed by atoms with Gasteiger partial charge in [0.05, 0.1) is 12.5 Å². The molecule has 0 spiro atoms. The van der Waals surface area contributed by atoms with E-state index >= 15 is 4.39 Å². The van der Waals surface area contributed by atoms with Crippen molar-refractivity contribution in [3.63, 3.8) is 0 Å². The fraction of sp³-hybridized carbons (Fsp3) is 0.615. The third kappa shape index (κ3) is 8.23. The molecule has 2 heterocycles. The molecule has 4 atom stereocenters. The van der Waals surface area contributed by atoms with Gasteiger partial charge in [-0.2, -0.15) is 13.2 Å². The summed E-state index contributed by atoms with van der Waals surface area (Å²) in [6.45, 7) is 1.37. The quantitative estimate of drug-likeness (QED) is 0.500. The highest BCUT2D eigenvalue weighted by atomic mass is 32.2. The molecule has 2 aliphatic heterocycles. The molecule has 3 rings (SSSR count). The van der Waals surface area contributed by atoms with Gasteiger partial charge in [-0.15, -0.1) is 0 Å². The molecule has 13 heteroatoms. The smallest absolute Gasteiger partial charge is 0.347 e. The first kappa shape index (κ1) is 31.0. The van der Waals surface area contributed by atoms with E-state index in [1.54, 1.807) is 6.07 Å². The SMILES string of the molecule is Cc1cccc([C@@H]2CN(CC(F)(F)F)C[C@@H]2C(=O)N2CCC[C@](F)(C(=O)N[C@H](C)/C=C\S(C)(=O)=O)CC2)c1F. The van der Waals surface area contributed by atoms with E-state index < -0.39 is 63.7 Å². The molecule has 1 N–H and O–H groups in total. The minimum absolute atomic E-state index is 0.0973. The van der Waals surface area contributed by atoms with E-state index in [1.807, 2.05) is 0 Å². The lowest BCUT2D eigenvalue weighted by atomic mass is 9.86. The Morgan fingerprint density at radius 3 is 2.54 bits per heavy atom. The van der Waals surface area contributed by atoms with E-state index in [1.165, 1.54) is 37.0 Å². The number of halogens is 5. The summed E-state index contributed by atoms with van der Waals surface area (Å²) in [5, 5.41) is 3.34. The van der Waals surface area contributed by atoms with Gasteiger partial charge in [0.25, 0.3) is 5.91 Å². The van der Waals surface area contributed by atoms with Crippen LogP contribution < -0.4 is 5.32 Å². The number of nitrogens with zero attached hydrogens (tertiary/aromatic N) is 2. The van der Waals surface area contributed by atoms with E-state index in [9.17, 15) is 35.6 Å². The van der Waals surface area contributed by atoms with Gasteiger partial charge in [-0.05, 0) is 37.8 Å². The number of benzene rings is 1. The number of likely N-dealkylation sites (tertiary alicyclic amines) is 2. The van der Waals surface area contributed by atoms with Crippen LogP contribution in [-0.2, 0) is 19.4 Å². The minimum Gasteiger partial charge on any atom is -0.347 e. The minimum atomic E-state index is -4.49. The molecule has 0 aromatic heterocycles. The Morgan fingerprint density at radius 2 is 1.90 bits per heavy atom. The van der Waals surface area contributed by atoms with Gasteiger partial charge in [0, 0.05) is 56.2 Å². The number of amides is 2. The van der Waals surface area contributed by atoms with Crippen molar-refractivity contribution >= 4 is 21.7 Å².